The summed E-state index contributed by atoms with van der Waals surface area (Å²) in [6.07, 6.45) is 0. The maximum atomic E-state index is 13.4. The monoisotopic (exact) mass is 435 g/mol. The molecule has 2 heterocycles. The number of aryl methyl sites for hydroxylation is 1. The van der Waals surface area contributed by atoms with Crippen LogP contribution < -0.4 is 0 Å². The second-order valence-corrected chi connectivity index (χ2v) is 9.56. The molecule has 1 aliphatic heterocycles. The van der Waals surface area contributed by atoms with E-state index < -0.39 is 21.9 Å². The van der Waals surface area contributed by atoms with E-state index in [-0.39, 0.29) is 29.6 Å². The van der Waals surface area contributed by atoms with E-state index in [0.29, 0.717) is 35.6 Å². The Morgan fingerprint density at radius 3 is 2.30 bits per heavy atom. The highest BCUT2D eigenvalue weighted by Crippen LogP contribution is 2.23. The number of sulfonamides is 1. The van der Waals surface area contributed by atoms with Crippen molar-refractivity contribution >= 4 is 21.6 Å². The first-order valence-electron chi connectivity index (χ1n) is 9.78. The molecule has 1 aromatic heterocycles. The second-order valence-electron chi connectivity index (χ2n) is 7.62. The highest BCUT2D eigenvalue weighted by molar-refractivity contribution is 7.89. The number of nitrogens with one attached hydrogen (secondary N) is 1. The molecule has 3 rings (SSSR count). The lowest BCUT2D eigenvalue weighted by atomic mass is 10.0. The van der Waals surface area contributed by atoms with Crippen LogP contribution in [-0.2, 0) is 10.0 Å². The maximum Gasteiger partial charge on any atom is 0.243 e. The number of rotatable bonds is 6. The summed E-state index contributed by atoms with van der Waals surface area (Å²) in [5.74, 6) is -0.830. The van der Waals surface area contributed by atoms with Gasteiger partial charge in [-0.15, -0.1) is 0 Å². The lowest BCUT2D eigenvalue weighted by molar-refractivity contribution is 0.0777. The zero-order valence-corrected chi connectivity index (χ0v) is 18.3. The third-order valence-corrected chi connectivity index (χ3v) is 7.56. The SMILES string of the molecule is CC(=O)c1c(C)[nH]c(C(=O)C(C)N2CCN(S(=O)(=O)c3cccc(F)c3)CC2)c1C. The molecule has 1 N–H and O–H groups in total. The van der Waals surface area contributed by atoms with Crippen LogP contribution in [0.1, 0.15) is 46.0 Å². The summed E-state index contributed by atoms with van der Waals surface area (Å²) < 4.78 is 40.3. The molecule has 1 fully saturated rings. The summed E-state index contributed by atoms with van der Waals surface area (Å²) >= 11 is 0. The van der Waals surface area contributed by atoms with Gasteiger partial charge in [0.25, 0.3) is 0 Å². The van der Waals surface area contributed by atoms with Gasteiger partial charge in [0.05, 0.1) is 16.6 Å². The number of hydrogen-bond donors (Lipinski definition) is 1. The molecular weight excluding hydrogens is 409 g/mol. The quantitative estimate of drug-likeness (QED) is 0.705. The first-order chi connectivity index (χ1) is 14.0. The third kappa shape index (κ3) is 4.10. The predicted octanol–water partition coefficient (Wildman–Crippen LogP) is 2.55. The number of benzene rings is 1. The van der Waals surface area contributed by atoms with Gasteiger partial charge < -0.3 is 4.98 Å². The minimum atomic E-state index is -3.79. The Labute approximate surface area is 175 Å². The highest BCUT2D eigenvalue weighted by atomic mass is 32.2. The van der Waals surface area contributed by atoms with Gasteiger partial charge in [-0.05, 0) is 51.5 Å². The Kier molecular flexibility index (Phi) is 6.26. The molecule has 2 aromatic rings. The van der Waals surface area contributed by atoms with Gasteiger partial charge in [-0.25, -0.2) is 12.8 Å². The van der Waals surface area contributed by atoms with Gasteiger partial charge >= 0.3 is 0 Å². The molecule has 1 saturated heterocycles. The first-order valence-corrected chi connectivity index (χ1v) is 11.2. The molecule has 1 unspecified atom stereocenters. The predicted molar refractivity (Wildman–Crippen MR) is 111 cm³/mol. The zero-order chi connectivity index (χ0) is 22.2. The number of ketones is 2. The Morgan fingerprint density at radius 2 is 1.77 bits per heavy atom. The number of carbonyl (C=O) groups is 2. The van der Waals surface area contributed by atoms with E-state index >= 15 is 0 Å². The average molecular weight is 436 g/mol. The molecular formula is C21H26FN3O4S. The molecule has 9 heteroatoms. The largest absolute Gasteiger partial charge is 0.355 e. The number of Topliss-reactive ketones (excluding diaryl/α,β-unsaturated/α-hetero) is 2. The minimum absolute atomic E-state index is 0.0747. The molecule has 0 amide bonds. The molecule has 1 aliphatic rings. The summed E-state index contributed by atoms with van der Waals surface area (Å²) in [5, 5.41) is 0. The smallest absolute Gasteiger partial charge is 0.243 e. The fraction of sp³-hybridized carbons (Fsp3) is 0.429. The first kappa shape index (κ1) is 22.3. The number of piperazine rings is 1. The summed E-state index contributed by atoms with van der Waals surface area (Å²) in [7, 11) is -3.79. The Balaban J connectivity index is 1.71. The van der Waals surface area contributed by atoms with Crippen molar-refractivity contribution < 1.29 is 22.4 Å². The summed E-state index contributed by atoms with van der Waals surface area (Å²) in [6.45, 7) is 7.93. The number of nitrogens with zero attached hydrogens (tertiary/aromatic N) is 2. The van der Waals surface area contributed by atoms with Crippen molar-refractivity contribution in [1.82, 2.24) is 14.2 Å². The van der Waals surface area contributed by atoms with Crippen molar-refractivity contribution in [1.29, 1.82) is 0 Å². The summed E-state index contributed by atoms with van der Waals surface area (Å²) in [6, 6.07) is 4.48. The molecule has 0 radical (unpaired) electrons. The molecule has 7 nitrogen and oxygen atoms in total. The summed E-state index contributed by atoms with van der Waals surface area (Å²) in [5.41, 5.74) is 2.27. The Morgan fingerprint density at radius 1 is 1.13 bits per heavy atom. The number of H-pyrrole nitrogens is 1. The third-order valence-electron chi connectivity index (χ3n) is 5.67. The van der Waals surface area contributed by atoms with Gasteiger partial charge in [-0.3, -0.25) is 14.5 Å². The van der Waals surface area contributed by atoms with Crippen LogP contribution in [0.25, 0.3) is 0 Å². The number of aromatic amines is 1. The number of carbonyl (C=O) groups excluding carboxylic acids is 2. The second kappa shape index (κ2) is 8.41. The van der Waals surface area contributed by atoms with Gasteiger partial charge in [0.1, 0.15) is 5.82 Å². The van der Waals surface area contributed by atoms with Gasteiger partial charge in [-0.1, -0.05) is 6.07 Å². The molecule has 162 valence electrons. The van der Waals surface area contributed by atoms with Crippen molar-refractivity contribution in [2.45, 2.75) is 38.6 Å². The van der Waals surface area contributed by atoms with E-state index in [1.54, 1.807) is 20.8 Å². The lowest BCUT2D eigenvalue weighted by Gasteiger charge is -2.36. The normalized spacial score (nSPS) is 17.1. The van der Waals surface area contributed by atoms with Crippen molar-refractivity contribution in [2.24, 2.45) is 0 Å². The molecule has 1 aromatic carbocycles. The molecule has 1 atom stereocenters. The lowest BCUT2D eigenvalue weighted by Crippen LogP contribution is -2.53. The van der Waals surface area contributed by atoms with E-state index in [4.69, 9.17) is 0 Å². The van der Waals surface area contributed by atoms with Crippen LogP contribution in [0.4, 0.5) is 4.39 Å². The minimum Gasteiger partial charge on any atom is -0.355 e. The van der Waals surface area contributed by atoms with Crippen molar-refractivity contribution in [3.8, 4) is 0 Å². The van der Waals surface area contributed by atoms with Gasteiger partial charge in [0.15, 0.2) is 11.6 Å². The van der Waals surface area contributed by atoms with E-state index in [9.17, 15) is 22.4 Å². The van der Waals surface area contributed by atoms with Gasteiger partial charge in [0.2, 0.25) is 10.0 Å². The Hall–Kier alpha value is -2.36. The van der Waals surface area contributed by atoms with E-state index in [2.05, 4.69) is 4.98 Å². The molecule has 0 bridgehead atoms. The number of hydrogen-bond acceptors (Lipinski definition) is 5. The van der Waals surface area contributed by atoms with Crippen molar-refractivity contribution in [2.75, 3.05) is 26.2 Å². The maximum absolute atomic E-state index is 13.4. The van der Waals surface area contributed by atoms with Crippen LogP contribution in [-0.4, -0.2) is 66.4 Å². The zero-order valence-electron chi connectivity index (χ0n) is 17.5. The van der Waals surface area contributed by atoms with Crippen LogP contribution in [0.2, 0.25) is 0 Å². The standard InChI is InChI=1S/C21H26FN3O4S/c1-13-19(16(4)26)14(2)23-20(13)21(27)15(3)24-8-10-25(11-9-24)30(28,29)18-7-5-6-17(22)12-18/h5-7,12,15,23H,8-11H2,1-4H3. The summed E-state index contributed by atoms with van der Waals surface area (Å²) in [4.78, 5) is 29.7. The van der Waals surface area contributed by atoms with Gasteiger partial charge in [-0.2, -0.15) is 4.31 Å². The van der Waals surface area contributed by atoms with Crippen LogP contribution in [0.15, 0.2) is 29.2 Å². The average Bonchev–Trinajstić information content (AvgIpc) is 3.01. The van der Waals surface area contributed by atoms with Crippen LogP contribution in [0.3, 0.4) is 0 Å². The molecule has 0 saturated carbocycles. The molecule has 30 heavy (non-hydrogen) atoms. The Bertz CT molecular complexity index is 1090. The van der Waals surface area contributed by atoms with Crippen LogP contribution >= 0.6 is 0 Å². The van der Waals surface area contributed by atoms with E-state index in [1.807, 2.05) is 4.90 Å². The van der Waals surface area contributed by atoms with Crippen molar-refractivity contribution in [3.63, 3.8) is 0 Å². The van der Waals surface area contributed by atoms with Crippen molar-refractivity contribution in [3.05, 3.63) is 52.6 Å². The highest BCUT2D eigenvalue weighted by Gasteiger charge is 2.33. The number of halogens is 1. The van der Waals surface area contributed by atoms with Crippen LogP contribution in [0, 0.1) is 19.7 Å². The number of aromatic nitrogens is 1. The molecule has 0 spiro atoms. The fourth-order valence-corrected chi connectivity index (χ4v) is 5.46. The topological polar surface area (TPSA) is 90.6 Å². The van der Waals surface area contributed by atoms with Gasteiger partial charge in [0, 0.05) is 37.4 Å². The molecule has 0 aliphatic carbocycles. The fourth-order valence-electron chi connectivity index (χ4n) is 4.01. The van der Waals surface area contributed by atoms with Crippen LogP contribution in [0.5, 0.6) is 0 Å². The van der Waals surface area contributed by atoms with E-state index in [0.717, 1.165) is 6.07 Å². The van der Waals surface area contributed by atoms with E-state index in [1.165, 1.54) is 29.4 Å².